The average Bonchev–Trinajstić information content (AvgIpc) is 3.42. The minimum atomic E-state index is -1.02. The fraction of sp³-hybridized carbons (Fsp3) is 0.394. The van der Waals surface area contributed by atoms with Crippen LogP contribution in [0.2, 0.25) is 0 Å². The molecule has 1 aromatic carbocycles. The van der Waals surface area contributed by atoms with E-state index in [2.05, 4.69) is 35.9 Å². The van der Waals surface area contributed by atoms with Crippen molar-refractivity contribution in [2.45, 2.75) is 44.5 Å². The molecule has 0 aromatic heterocycles. The molecular formula is C33H37N3O4. The highest BCUT2D eigenvalue weighted by Crippen LogP contribution is 2.61. The van der Waals surface area contributed by atoms with E-state index in [9.17, 15) is 9.59 Å². The smallest absolute Gasteiger partial charge is 0.249 e. The number of carbonyl (C=O) groups excluding carboxylic acids is 2. The molecule has 7 nitrogen and oxygen atoms in total. The molecule has 1 aromatic rings. The second-order valence-electron chi connectivity index (χ2n) is 10.8. The van der Waals surface area contributed by atoms with E-state index < -0.39 is 11.0 Å². The van der Waals surface area contributed by atoms with Gasteiger partial charge >= 0.3 is 0 Å². The Morgan fingerprint density at radius 3 is 2.77 bits per heavy atom. The van der Waals surface area contributed by atoms with Crippen LogP contribution >= 0.6 is 0 Å². The summed E-state index contributed by atoms with van der Waals surface area (Å²) in [4.78, 5) is 31.2. The van der Waals surface area contributed by atoms with Gasteiger partial charge in [-0.05, 0) is 42.9 Å². The highest BCUT2D eigenvalue weighted by Gasteiger charge is 2.69. The minimum absolute atomic E-state index is 0.000348. The van der Waals surface area contributed by atoms with E-state index in [-0.39, 0.29) is 37.7 Å². The van der Waals surface area contributed by atoms with Crippen molar-refractivity contribution in [3.8, 4) is 11.8 Å². The van der Waals surface area contributed by atoms with Gasteiger partial charge in [-0.2, -0.15) is 0 Å². The van der Waals surface area contributed by atoms with Crippen LogP contribution < -0.4 is 5.32 Å². The molecule has 4 aliphatic rings. The van der Waals surface area contributed by atoms with Gasteiger partial charge in [-0.1, -0.05) is 85.2 Å². The maximum atomic E-state index is 14.0. The van der Waals surface area contributed by atoms with Crippen molar-refractivity contribution in [1.82, 2.24) is 15.1 Å². The Balaban J connectivity index is 1.39. The Labute approximate surface area is 236 Å². The van der Waals surface area contributed by atoms with Crippen LogP contribution in [0.4, 0.5) is 0 Å². The molecule has 0 spiro atoms. The van der Waals surface area contributed by atoms with Gasteiger partial charge in [0.05, 0.1) is 25.2 Å². The molecule has 2 amide bonds. The van der Waals surface area contributed by atoms with Gasteiger partial charge in [0.2, 0.25) is 11.8 Å². The number of rotatable bonds is 9. The zero-order valence-corrected chi connectivity index (χ0v) is 23.3. The van der Waals surface area contributed by atoms with Crippen LogP contribution in [-0.4, -0.2) is 66.7 Å². The molecule has 3 aliphatic heterocycles. The topological polar surface area (TPSA) is 71.1 Å². The molecule has 1 N–H and O–H groups in total. The third kappa shape index (κ3) is 4.83. The van der Waals surface area contributed by atoms with E-state index in [0.717, 1.165) is 35.2 Å². The first-order valence-corrected chi connectivity index (χ1v) is 13.8. The molecule has 1 aliphatic carbocycles. The number of ether oxygens (including phenoxy) is 2. The van der Waals surface area contributed by atoms with Gasteiger partial charge in [0.25, 0.3) is 0 Å². The van der Waals surface area contributed by atoms with Crippen molar-refractivity contribution in [2.24, 2.45) is 5.41 Å². The number of nitrogens with zero attached hydrogens (tertiary/aromatic N) is 2. The predicted octanol–water partition coefficient (Wildman–Crippen LogP) is 3.87. The van der Waals surface area contributed by atoms with Crippen molar-refractivity contribution in [1.29, 1.82) is 0 Å². The molecule has 0 radical (unpaired) electrons. The Morgan fingerprint density at radius 1 is 1.20 bits per heavy atom. The molecular weight excluding hydrogens is 502 g/mol. The summed E-state index contributed by atoms with van der Waals surface area (Å²) in [6, 6.07) is 9.91. The number of benzene rings is 1. The number of piperazine rings is 1. The van der Waals surface area contributed by atoms with E-state index in [4.69, 9.17) is 9.47 Å². The third-order valence-electron chi connectivity index (χ3n) is 8.20. The van der Waals surface area contributed by atoms with Crippen LogP contribution in [0.3, 0.4) is 0 Å². The van der Waals surface area contributed by atoms with Gasteiger partial charge in [-0.15, -0.1) is 0 Å². The third-order valence-corrected chi connectivity index (χ3v) is 8.20. The van der Waals surface area contributed by atoms with Gasteiger partial charge in [0.15, 0.2) is 0 Å². The van der Waals surface area contributed by atoms with Crippen LogP contribution in [-0.2, 0) is 25.7 Å². The number of fused-ring (bicyclic) bond motifs is 5. The molecule has 7 heteroatoms. The van der Waals surface area contributed by atoms with Crippen LogP contribution in [0.1, 0.15) is 31.7 Å². The van der Waals surface area contributed by atoms with E-state index in [0.29, 0.717) is 19.6 Å². The second-order valence-corrected chi connectivity index (χ2v) is 10.8. The lowest BCUT2D eigenvalue weighted by molar-refractivity contribution is -0.162. The Bertz CT molecular complexity index is 1350. The van der Waals surface area contributed by atoms with Crippen molar-refractivity contribution in [3.05, 3.63) is 95.8 Å². The number of methoxy groups -OCH3 is 1. The molecule has 3 saturated heterocycles. The molecule has 40 heavy (non-hydrogen) atoms. The van der Waals surface area contributed by atoms with Gasteiger partial charge in [0.1, 0.15) is 24.9 Å². The van der Waals surface area contributed by atoms with Crippen molar-refractivity contribution in [2.75, 3.05) is 33.4 Å². The van der Waals surface area contributed by atoms with Crippen molar-refractivity contribution in [3.63, 3.8) is 0 Å². The van der Waals surface area contributed by atoms with E-state index in [1.165, 1.54) is 0 Å². The maximum Gasteiger partial charge on any atom is 0.249 e. The number of allylic oxidation sites excluding steroid dienone is 6. The summed E-state index contributed by atoms with van der Waals surface area (Å²) in [6.45, 7) is 7.24. The Kier molecular flexibility index (Phi) is 8.11. The quantitative estimate of drug-likeness (QED) is 0.293. The van der Waals surface area contributed by atoms with Gasteiger partial charge in [0, 0.05) is 12.8 Å². The average molecular weight is 540 g/mol. The first-order valence-electron chi connectivity index (χ1n) is 13.8. The van der Waals surface area contributed by atoms with Crippen molar-refractivity contribution < 1.29 is 19.1 Å². The first kappa shape index (κ1) is 27.7. The molecule has 3 fully saturated rings. The summed E-state index contributed by atoms with van der Waals surface area (Å²) in [7, 11) is 1.66. The zero-order chi connectivity index (χ0) is 28.2. The standard InChI is InChI=1S/C33H37N3O4/c1-4-13-26(16-12-20-39-3)33-24-32(2)31(38)35(19-10-11-21-40-23-25-14-6-5-7-15-25)22-29(37)36(32)30(33)34-28-18-9-8-17-27(28)33/h4-7,12-18,30,34H,1,8-9,19-24H2,2-3H3/b16-12-,26-13+/t30-,32+,33+/m1/s1. The van der Waals surface area contributed by atoms with Gasteiger partial charge in [-0.3, -0.25) is 9.59 Å². The lowest BCUT2D eigenvalue weighted by Crippen LogP contribution is -2.67. The molecule has 3 heterocycles. The Morgan fingerprint density at radius 2 is 2.00 bits per heavy atom. The molecule has 5 rings (SSSR count). The van der Waals surface area contributed by atoms with Gasteiger partial charge < -0.3 is 24.6 Å². The fourth-order valence-electron chi connectivity index (χ4n) is 6.58. The maximum absolute atomic E-state index is 14.0. The molecule has 0 unspecified atom stereocenters. The SMILES string of the molecule is C=C/C=C(\C=C/COC)[C@]12C[C@@]3(C)C(=O)N(CC#CCOCc4ccccc4)CC(=O)N3[C@H]1NC1=CCCC=C12. The number of hydrogen-bond acceptors (Lipinski definition) is 5. The molecule has 3 atom stereocenters. The number of nitrogens with one attached hydrogen (secondary N) is 1. The molecule has 208 valence electrons. The summed E-state index contributed by atoms with van der Waals surface area (Å²) in [5.74, 6) is 5.88. The monoisotopic (exact) mass is 539 g/mol. The summed E-state index contributed by atoms with van der Waals surface area (Å²) in [5.41, 5.74) is 2.69. The summed E-state index contributed by atoms with van der Waals surface area (Å²) in [5, 5.41) is 3.64. The molecule has 0 saturated carbocycles. The highest BCUT2D eigenvalue weighted by molar-refractivity contribution is 5.99. The summed E-state index contributed by atoms with van der Waals surface area (Å²) < 4.78 is 10.9. The van der Waals surface area contributed by atoms with E-state index in [1.807, 2.05) is 55.5 Å². The van der Waals surface area contributed by atoms with Crippen LogP contribution in [0.25, 0.3) is 0 Å². The normalized spacial score (nSPS) is 27.4. The van der Waals surface area contributed by atoms with Crippen LogP contribution in [0.5, 0.6) is 0 Å². The lowest BCUT2D eigenvalue weighted by atomic mass is 9.68. The first-order chi connectivity index (χ1) is 19.5. The lowest BCUT2D eigenvalue weighted by Gasteiger charge is -2.44. The largest absolute Gasteiger partial charge is 0.381 e. The van der Waals surface area contributed by atoms with Gasteiger partial charge in [-0.25, -0.2) is 0 Å². The highest BCUT2D eigenvalue weighted by atomic mass is 16.5. The predicted molar refractivity (Wildman–Crippen MR) is 154 cm³/mol. The zero-order valence-electron chi connectivity index (χ0n) is 23.3. The van der Waals surface area contributed by atoms with Crippen LogP contribution in [0, 0.1) is 17.3 Å². The second kappa shape index (κ2) is 11.7. The number of carbonyl (C=O) groups is 2. The van der Waals surface area contributed by atoms with E-state index in [1.54, 1.807) is 23.0 Å². The minimum Gasteiger partial charge on any atom is -0.381 e. The van der Waals surface area contributed by atoms with E-state index >= 15 is 0 Å². The summed E-state index contributed by atoms with van der Waals surface area (Å²) in [6.07, 6.45) is 14.2. The summed E-state index contributed by atoms with van der Waals surface area (Å²) >= 11 is 0. The fourth-order valence-corrected chi connectivity index (χ4v) is 6.58. The van der Waals surface area contributed by atoms with Crippen molar-refractivity contribution >= 4 is 11.8 Å². The van der Waals surface area contributed by atoms with Crippen LogP contribution in [0.15, 0.2) is 90.2 Å². The molecule has 0 bridgehead atoms. The Hall–Kier alpha value is -3.86. The number of amides is 2. The number of hydrogen-bond donors (Lipinski definition) is 1.